The Morgan fingerprint density at radius 1 is 1.20 bits per heavy atom. The molecule has 0 radical (unpaired) electrons. The molecule has 1 heterocycles. The van der Waals surface area contributed by atoms with E-state index in [0.29, 0.717) is 11.7 Å². The zero-order chi connectivity index (χ0) is 14.3. The number of hydrogen-bond acceptors (Lipinski definition) is 3. The normalized spacial score (nSPS) is 15.9. The molecule has 0 atom stereocenters. The van der Waals surface area contributed by atoms with E-state index in [9.17, 15) is 0 Å². The first-order valence-corrected chi connectivity index (χ1v) is 7.29. The molecule has 1 saturated carbocycles. The van der Waals surface area contributed by atoms with Crippen molar-refractivity contribution in [1.82, 2.24) is 9.66 Å². The Labute approximate surface area is 119 Å². The van der Waals surface area contributed by atoms with E-state index in [1.165, 1.54) is 36.8 Å². The van der Waals surface area contributed by atoms with Crippen LogP contribution < -0.4 is 11.6 Å². The molecule has 2 aromatic rings. The van der Waals surface area contributed by atoms with Gasteiger partial charge in [-0.25, -0.2) is 9.66 Å². The number of aromatic nitrogens is 2. The van der Waals surface area contributed by atoms with Gasteiger partial charge >= 0.3 is 0 Å². The molecule has 3 rings (SSSR count). The van der Waals surface area contributed by atoms with Crippen molar-refractivity contribution >= 4 is 5.82 Å². The van der Waals surface area contributed by atoms with Gasteiger partial charge in [0.25, 0.3) is 0 Å². The van der Waals surface area contributed by atoms with Crippen molar-refractivity contribution in [2.75, 3.05) is 11.6 Å². The minimum absolute atomic E-state index is 0.459. The third-order valence-electron chi connectivity index (χ3n) is 4.56. The average molecular weight is 270 g/mol. The van der Waals surface area contributed by atoms with Gasteiger partial charge in [0.2, 0.25) is 0 Å². The molecule has 0 unspecified atom stereocenters. The fraction of sp³-hybridized carbons (Fsp3) is 0.438. The molecular formula is C16H22N4. The zero-order valence-corrected chi connectivity index (χ0v) is 12.2. The van der Waals surface area contributed by atoms with Crippen LogP contribution in [0.2, 0.25) is 0 Å². The Hall–Kier alpha value is -1.97. The number of nitrogens with zero attached hydrogens (tertiary/aromatic N) is 2. The lowest BCUT2D eigenvalue weighted by atomic mass is 10.0. The summed E-state index contributed by atoms with van der Waals surface area (Å²) in [4.78, 5) is 4.78. The Kier molecular flexibility index (Phi) is 3.16. The second-order valence-electron chi connectivity index (χ2n) is 5.80. The molecule has 20 heavy (non-hydrogen) atoms. The molecule has 106 valence electrons. The minimum atomic E-state index is 0.459. The number of nitrogens with two attached hydrogens (primary N) is 2. The van der Waals surface area contributed by atoms with Crippen molar-refractivity contribution in [1.29, 1.82) is 0 Å². The van der Waals surface area contributed by atoms with Gasteiger partial charge in [-0.2, -0.15) is 0 Å². The van der Waals surface area contributed by atoms with E-state index in [1.54, 1.807) is 4.68 Å². The molecule has 1 aliphatic rings. The lowest BCUT2D eigenvalue weighted by Gasteiger charge is -2.08. The van der Waals surface area contributed by atoms with Crippen LogP contribution >= 0.6 is 0 Å². The van der Waals surface area contributed by atoms with Gasteiger partial charge < -0.3 is 11.6 Å². The largest absolute Gasteiger partial charge is 0.382 e. The van der Waals surface area contributed by atoms with Crippen LogP contribution in [0.15, 0.2) is 18.2 Å². The van der Waals surface area contributed by atoms with Gasteiger partial charge in [0.05, 0.1) is 0 Å². The summed E-state index contributed by atoms with van der Waals surface area (Å²) in [6.45, 7) is 4.21. The Morgan fingerprint density at radius 2 is 1.90 bits per heavy atom. The number of hydrogen-bond donors (Lipinski definition) is 2. The van der Waals surface area contributed by atoms with E-state index in [1.807, 2.05) is 6.07 Å². The minimum Gasteiger partial charge on any atom is -0.382 e. The molecular weight excluding hydrogens is 248 g/mol. The van der Waals surface area contributed by atoms with Crippen LogP contribution in [-0.2, 0) is 0 Å². The summed E-state index contributed by atoms with van der Waals surface area (Å²) in [5.74, 6) is 8.11. The summed E-state index contributed by atoms with van der Waals surface area (Å²) in [7, 11) is 0. The third kappa shape index (κ3) is 1.96. The van der Waals surface area contributed by atoms with Crippen molar-refractivity contribution in [3.63, 3.8) is 0 Å². The molecule has 0 saturated heterocycles. The smallest absolute Gasteiger partial charge is 0.150 e. The van der Waals surface area contributed by atoms with Crippen LogP contribution in [0.4, 0.5) is 5.82 Å². The maximum atomic E-state index is 6.20. The molecule has 1 aliphatic carbocycles. The number of aryl methyl sites for hydroxylation is 1. The van der Waals surface area contributed by atoms with E-state index in [0.717, 1.165) is 17.1 Å². The molecule has 0 aliphatic heterocycles. The fourth-order valence-corrected chi connectivity index (χ4v) is 3.14. The Bertz CT molecular complexity index is 636. The molecule has 4 nitrogen and oxygen atoms in total. The van der Waals surface area contributed by atoms with E-state index < -0.39 is 0 Å². The molecule has 1 fully saturated rings. The predicted octanol–water partition coefficient (Wildman–Crippen LogP) is 3.12. The van der Waals surface area contributed by atoms with Crippen molar-refractivity contribution < 1.29 is 0 Å². The van der Waals surface area contributed by atoms with Gasteiger partial charge in [-0.1, -0.05) is 31.0 Å². The maximum Gasteiger partial charge on any atom is 0.150 e. The maximum absolute atomic E-state index is 6.20. The highest BCUT2D eigenvalue weighted by Gasteiger charge is 2.25. The van der Waals surface area contributed by atoms with Crippen molar-refractivity contribution in [3.05, 3.63) is 35.2 Å². The summed E-state index contributed by atoms with van der Waals surface area (Å²) in [6, 6.07) is 6.22. The highest BCUT2D eigenvalue weighted by molar-refractivity contribution is 5.74. The molecule has 4 N–H and O–H groups in total. The Balaban J connectivity index is 2.10. The molecule has 0 bridgehead atoms. The first-order chi connectivity index (χ1) is 9.59. The second kappa shape index (κ2) is 4.85. The summed E-state index contributed by atoms with van der Waals surface area (Å²) in [5.41, 5.74) is 10.6. The predicted molar refractivity (Wildman–Crippen MR) is 82.9 cm³/mol. The van der Waals surface area contributed by atoms with Crippen LogP contribution in [0.1, 0.15) is 48.6 Å². The van der Waals surface area contributed by atoms with Crippen LogP contribution in [-0.4, -0.2) is 9.66 Å². The molecule has 1 aromatic carbocycles. The molecule has 0 spiro atoms. The quantitative estimate of drug-likeness (QED) is 0.824. The van der Waals surface area contributed by atoms with Gasteiger partial charge in [0.15, 0.2) is 5.82 Å². The first-order valence-electron chi connectivity index (χ1n) is 7.29. The van der Waals surface area contributed by atoms with E-state index in [-0.39, 0.29) is 0 Å². The van der Waals surface area contributed by atoms with Crippen molar-refractivity contribution in [2.24, 2.45) is 0 Å². The standard InChI is InChI=1S/C16H22N4/c1-10-6-5-9-13(11(10)2)14-15(17)20(18)16(19-14)12-7-3-4-8-12/h5-6,9,12H,3-4,7-8,17-18H2,1-2H3. The topological polar surface area (TPSA) is 69.9 Å². The Morgan fingerprint density at radius 3 is 2.60 bits per heavy atom. The third-order valence-corrected chi connectivity index (χ3v) is 4.56. The van der Waals surface area contributed by atoms with Crippen molar-refractivity contribution in [2.45, 2.75) is 45.4 Å². The highest BCUT2D eigenvalue weighted by Crippen LogP contribution is 2.37. The summed E-state index contributed by atoms with van der Waals surface area (Å²) < 4.78 is 1.59. The van der Waals surface area contributed by atoms with Gasteiger partial charge in [0.1, 0.15) is 11.5 Å². The number of benzene rings is 1. The van der Waals surface area contributed by atoms with E-state index in [2.05, 4.69) is 26.0 Å². The monoisotopic (exact) mass is 270 g/mol. The number of imidazole rings is 1. The van der Waals surface area contributed by atoms with Crippen LogP contribution in [0, 0.1) is 13.8 Å². The van der Waals surface area contributed by atoms with Crippen LogP contribution in [0.3, 0.4) is 0 Å². The molecule has 1 aromatic heterocycles. The molecule has 0 amide bonds. The SMILES string of the molecule is Cc1cccc(-c2nc(C3CCCC3)n(N)c2N)c1C. The molecule has 4 heteroatoms. The zero-order valence-electron chi connectivity index (χ0n) is 12.2. The fourth-order valence-electron chi connectivity index (χ4n) is 3.14. The first kappa shape index (κ1) is 13.0. The van der Waals surface area contributed by atoms with Gasteiger partial charge in [-0.15, -0.1) is 0 Å². The van der Waals surface area contributed by atoms with Crippen molar-refractivity contribution in [3.8, 4) is 11.3 Å². The van der Waals surface area contributed by atoms with Gasteiger partial charge in [-0.3, -0.25) is 0 Å². The van der Waals surface area contributed by atoms with E-state index in [4.69, 9.17) is 16.6 Å². The summed E-state index contributed by atoms with van der Waals surface area (Å²) in [6.07, 6.45) is 4.85. The number of rotatable bonds is 2. The highest BCUT2D eigenvalue weighted by atomic mass is 15.4. The number of nitrogen functional groups attached to an aromatic ring is 2. The second-order valence-corrected chi connectivity index (χ2v) is 5.80. The summed E-state index contributed by atoms with van der Waals surface area (Å²) in [5, 5.41) is 0. The van der Waals surface area contributed by atoms with Crippen LogP contribution in [0.5, 0.6) is 0 Å². The average Bonchev–Trinajstić information content (AvgIpc) is 3.04. The number of anilines is 1. The lowest BCUT2D eigenvalue weighted by Crippen LogP contribution is -2.17. The summed E-state index contributed by atoms with van der Waals surface area (Å²) >= 11 is 0. The van der Waals surface area contributed by atoms with Crippen LogP contribution in [0.25, 0.3) is 11.3 Å². The lowest BCUT2D eigenvalue weighted by molar-refractivity contribution is 0.648. The van der Waals surface area contributed by atoms with E-state index >= 15 is 0 Å². The van der Waals surface area contributed by atoms with Gasteiger partial charge in [0, 0.05) is 11.5 Å². The van der Waals surface area contributed by atoms with Gasteiger partial charge in [-0.05, 0) is 37.8 Å².